The van der Waals surface area contributed by atoms with Gasteiger partial charge in [-0.25, -0.2) is 4.98 Å². The summed E-state index contributed by atoms with van der Waals surface area (Å²) in [5.41, 5.74) is 4.38. The van der Waals surface area contributed by atoms with Crippen molar-refractivity contribution < 1.29 is 19.0 Å². The Morgan fingerprint density at radius 1 is 1.08 bits per heavy atom. The van der Waals surface area contributed by atoms with E-state index in [9.17, 15) is 4.79 Å². The molecule has 1 aromatic heterocycles. The minimum Gasteiger partial charge on any atom is -0.495 e. The van der Waals surface area contributed by atoms with Crippen LogP contribution in [0.3, 0.4) is 0 Å². The number of benzene rings is 3. The lowest BCUT2D eigenvalue weighted by Gasteiger charge is -2.30. The van der Waals surface area contributed by atoms with Gasteiger partial charge in [0.2, 0.25) is 5.95 Å². The Morgan fingerprint density at radius 3 is 2.51 bits per heavy atom. The highest BCUT2D eigenvalue weighted by Gasteiger charge is 2.33. The van der Waals surface area contributed by atoms with E-state index in [-0.39, 0.29) is 5.91 Å². The molecule has 1 aliphatic rings. The molecular formula is C28H27ClN4O4. The molecule has 9 heteroatoms. The zero-order valence-electron chi connectivity index (χ0n) is 21.0. The number of carbonyl (C=O) groups is 1. The molecule has 0 aliphatic carbocycles. The van der Waals surface area contributed by atoms with E-state index in [1.165, 1.54) is 14.2 Å². The largest absolute Gasteiger partial charge is 0.495 e. The molecule has 0 spiro atoms. The quantitative estimate of drug-likeness (QED) is 0.305. The van der Waals surface area contributed by atoms with Gasteiger partial charge >= 0.3 is 0 Å². The lowest BCUT2D eigenvalue weighted by atomic mass is 9.94. The van der Waals surface area contributed by atoms with Crippen LogP contribution in [-0.4, -0.2) is 36.3 Å². The zero-order chi connectivity index (χ0) is 26.1. The number of amides is 1. The Labute approximate surface area is 219 Å². The number of methoxy groups -OCH3 is 2. The van der Waals surface area contributed by atoms with Gasteiger partial charge < -0.3 is 24.8 Å². The molecule has 0 saturated carbocycles. The van der Waals surface area contributed by atoms with Gasteiger partial charge in [-0.15, -0.1) is 0 Å². The monoisotopic (exact) mass is 518 g/mol. The minimum absolute atomic E-state index is 0.296. The molecule has 3 aromatic carbocycles. The SMILES string of the molecule is CCOc1ccc([C@@H]2Nc3nc4ccccc4n3C(C)=C2C(=O)Nc2cc(OC)c(Cl)cc2OC)cc1. The molecule has 5 rings (SSSR count). The summed E-state index contributed by atoms with van der Waals surface area (Å²) in [5.74, 6) is 1.98. The first kappa shape index (κ1) is 24.5. The Hall–Kier alpha value is -4.17. The van der Waals surface area contributed by atoms with Crippen LogP contribution in [0.1, 0.15) is 25.5 Å². The van der Waals surface area contributed by atoms with E-state index in [4.69, 9.17) is 30.8 Å². The molecule has 8 nitrogen and oxygen atoms in total. The highest BCUT2D eigenvalue weighted by Crippen LogP contribution is 2.41. The minimum atomic E-state index is -0.458. The van der Waals surface area contributed by atoms with Crippen LogP contribution in [-0.2, 0) is 4.79 Å². The number of hydrogen-bond acceptors (Lipinski definition) is 6. The van der Waals surface area contributed by atoms with Gasteiger partial charge in [-0.05, 0) is 43.7 Å². The van der Waals surface area contributed by atoms with Crippen molar-refractivity contribution in [1.29, 1.82) is 0 Å². The summed E-state index contributed by atoms with van der Waals surface area (Å²) in [4.78, 5) is 18.7. The number of carbonyl (C=O) groups excluding carboxylic acids is 1. The molecule has 1 aliphatic heterocycles. The van der Waals surface area contributed by atoms with Crippen LogP contribution in [0.4, 0.5) is 11.6 Å². The van der Waals surface area contributed by atoms with Crippen LogP contribution in [0, 0.1) is 0 Å². The zero-order valence-corrected chi connectivity index (χ0v) is 21.7. The number of para-hydroxylation sites is 2. The fourth-order valence-electron chi connectivity index (χ4n) is 4.61. The van der Waals surface area contributed by atoms with E-state index >= 15 is 0 Å². The molecule has 37 heavy (non-hydrogen) atoms. The number of rotatable bonds is 7. The van der Waals surface area contributed by atoms with Crippen molar-refractivity contribution in [3.05, 3.63) is 76.8 Å². The third-order valence-electron chi connectivity index (χ3n) is 6.34. The third kappa shape index (κ3) is 4.44. The molecule has 0 unspecified atom stereocenters. The molecule has 0 fully saturated rings. The number of ether oxygens (including phenoxy) is 3. The maximum absolute atomic E-state index is 14.0. The second-order valence-electron chi connectivity index (χ2n) is 8.48. The van der Waals surface area contributed by atoms with Crippen molar-refractivity contribution in [2.45, 2.75) is 19.9 Å². The van der Waals surface area contributed by atoms with Gasteiger partial charge in [-0.2, -0.15) is 0 Å². The van der Waals surface area contributed by atoms with E-state index in [0.29, 0.717) is 40.3 Å². The fraction of sp³-hybridized carbons (Fsp3) is 0.214. The molecular weight excluding hydrogens is 492 g/mol. The standard InChI is InChI=1S/C28H27ClN4O4/c1-5-37-18-12-10-17(11-13-18)26-25(16(2)33-22-9-7-6-8-20(22)31-28(33)32-26)27(34)30-21-15-23(35-3)19(29)14-24(21)36-4/h6-15,26H,5H2,1-4H3,(H,30,34)(H,31,32)/t26-/m0/s1. The molecule has 4 aromatic rings. The number of nitrogens with zero attached hydrogens (tertiary/aromatic N) is 2. The first-order valence-corrected chi connectivity index (χ1v) is 12.2. The first-order valence-electron chi connectivity index (χ1n) is 11.9. The van der Waals surface area contributed by atoms with Crippen molar-refractivity contribution in [3.8, 4) is 17.2 Å². The Morgan fingerprint density at radius 2 is 1.81 bits per heavy atom. The third-order valence-corrected chi connectivity index (χ3v) is 6.63. The topological polar surface area (TPSA) is 86.6 Å². The van der Waals surface area contributed by atoms with Crippen molar-refractivity contribution >= 4 is 45.9 Å². The summed E-state index contributed by atoms with van der Waals surface area (Å²) in [5, 5.41) is 6.87. The molecule has 0 radical (unpaired) electrons. The van der Waals surface area contributed by atoms with Crippen molar-refractivity contribution in [1.82, 2.24) is 9.55 Å². The van der Waals surface area contributed by atoms with Crippen LogP contribution in [0.5, 0.6) is 17.2 Å². The summed E-state index contributed by atoms with van der Waals surface area (Å²) < 4.78 is 18.4. The number of nitrogens with one attached hydrogen (secondary N) is 2. The van der Waals surface area contributed by atoms with Crippen LogP contribution in [0.25, 0.3) is 16.7 Å². The van der Waals surface area contributed by atoms with Crippen LogP contribution >= 0.6 is 11.6 Å². The molecule has 0 saturated heterocycles. The van der Waals surface area contributed by atoms with Crippen LogP contribution in [0.15, 0.2) is 66.2 Å². The average Bonchev–Trinajstić information content (AvgIpc) is 3.28. The van der Waals surface area contributed by atoms with Crippen LogP contribution in [0.2, 0.25) is 5.02 Å². The highest BCUT2D eigenvalue weighted by atomic mass is 35.5. The number of anilines is 2. The van der Waals surface area contributed by atoms with Crippen molar-refractivity contribution in [2.75, 3.05) is 31.5 Å². The number of imidazole rings is 1. The molecule has 0 bridgehead atoms. The van der Waals surface area contributed by atoms with E-state index in [0.717, 1.165) is 28.0 Å². The lowest BCUT2D eigenvalue weighted by molar-refractivity contribution is -0.113. The Bertz CT molecular complexity index is 1510. The van der Waals surface area contributed by atoms with Gasteiger partial charge in [0.05, 0.1) is 54.2 Å². The summed E-state index contributed by atoms with van der Waals surface area (Å²) in [7, 11) is 3.04. The average molecular weight is 519 g/mol. The summed E-state index contributed by atoms with van der Waals surface area (Å²) in [6.45, 7) is 4.44. The summed E-state index contributed by atoms with van der Waals surface area (Å²) in [6, 6.07) is 18.3. The molecule has 1 amide bonds. The predicted molar refractivity (Wildman–Crippen MR) is 146 cm³/mol. The van der Waals surface area contributed by atoms with E-state index < -0.39 is 6.04 Å². The maximum Gasteiger partial charge on any atom is 0.255 e. The predicted octanol–water partition coefficient (Wildman–Crippen LogP) is 6.14. The van der Waals surface area contributed by atoms with Gasteiger partial charge in [-0.1, -0.05) is 35.9 Å². The fourth-order valence-corrected chi connectivity index (χ4v) is 4.84. The second kappa shape index (κ2) is 10.1. The van der Waals surface area contributed by atoms with Gasteiger partial charge in [0.1, 0.15) is 17.2 Å². The van der Waals surface area contributed by atoms with E-state index in [1.807, 2.05) is 66.9 Å². The molecule has 1 atom stereocenters. The summed E-state index contributed by atoms with van der Waals surface area (Å²) >= 11 is 6.27. The van der Waals surface area contributed by atoms with E-state index in [2.05, 4.69) is 10.6 Å². The van der Waals surface area contributed by atoms with Gasteiger partial charge in [0, 0.05) is 17.8 Å². The normalized spacial score (nSPS) is 14.7. The Balaban J connectivity index is 1.62. The van der Waals surface area contributed by atoms with Crippen molar-refractivity contribution in [2.24, 2.45) is 0 Å². The Kier molecular flexibility index (Phi) is 6.67. The highest BCUT2D eigenvalue weighted by molar-refractivity contribution is 6.32. The van der Waals surface area contributed by atoms with Gasteiger partial charge in [0.15, 0.2) is 0 Å². The number of allylic oxidation sites excluding steroid dienone is 1. The van der Waals surface area contributed by atoms with E-state index in [1.54, 1.807) is 12.1 Å². The van der Waals surface area contributed by atoms with Crippen LogP contribution < -0.4 is 24.8 Å². The second-order valence-corrected chi connectivity index (χ2v) is 8.89. The number of fused-ring (bicyclic) bond motifs is 3. The first-order chi connectivity index (χ1) is 17.9. The molecule has 2 heterocycles. The molecule has 2 N–H and O–H groups in total. The summed E-state index contributed by atoms with van der Waals surface area (Å²) in [6.07, 6.45) is 0. The number of hydrogen-bond donors (Lipinski definition) is 2. The van der Waals surface area contributed by atoms with Gasteiger partial charge in [0.25, 0.3) is 5.91 Å². The lowest BCUT2D eigenvalue weighted by Crippen LogP contribution is -2.30. The number of halogens is 1. The van der Waals surface area contributed by atoms with Gasteiger partial charge in [-0.3, -0.25) is 9.36 Å². The smallest absolute Gasteiger partial charge is 0.255 e. The molecule has 190 valence electrons. The maximum atomic E-state index is 14.0. The van der Waals surface area contributed by atoms with Crippen molar-refractivity contribution in [3.63, 3.8) is 0 Å². The number of aromatic nitrogens is 2.